The Labute approximate surface area is 214 Å². The highest BCUT2D eigenvalue weighted by atomic mass is 79.9. The minimum absolute atomic E-state index is 0.226. The molecular weight excluding hydrogens is 526 g/mol. The van der Waals surface area contributed by atoms with Gasteiger partial charge in [0, 0.05) is 11.0 Å². The number of aryl methyl sites for hydroxylation is 1. The predicted octanol–water partition coefficient (Wildman–Crippen LogP) is 6.01. The van der Waals surface area contributed by atoms with E-state index in [4.69, 9.17) is 4.98 Å². The van der Waals surface area contributed by atoms with E-state index < -0.39 is 16.1 Å². The van der Waals surface area contributed by atoms with E-state index in [0.717, 1.165) is 16.5 Å². The maximum absolute atomic E-state index is 13.8. The van der Waals surface area contributed by atoms with Gasteiger partial charge in [0.1, 0.15) is 5.82 Å². The molecule has 1 heterocycles. The van der Waals surface area contributed by atoms with Crippen LogP contribution < -0.4 is 5.56 Å². The summed E-state index contributed by atoms with van der Waals surface area (Å²) in [6, 6.07) is 20.7. The molecule has 0 saturated heterocycles. The van der Waals surface area contributed by atoms with Crippen molar-refractivity contribution in [1.29, 1.82) is 0 Å². The highest BCUT2D eigenvalue weighted by Gasteiger charge is 2.32. The SMILES string of the molecule is CCCCN(C(C)c1nc2ccccc2c(=O)n1-c1ccc(Br)cc1)S(=O)(=O)c1ccc(C)cc1. The number of sulfonamides is 1. The van der Waals surface area contributed by atoms with Crippen LogP contribution in [0.15, 0.2) is 87.0 Å². The van der Waals surface area contributed by atoms with Crippen LogP contribution in [0.3, 0.4) is 0 Å². The second kappa shape index (κ2) is 10.4. The number of fused-ring (bicyclic) bond motifs is 1. The van der Waals surface area contributed by atoms with Gasteiger partial charge in [-0.1, -0.05) is 59.1 Å². The number of halogens is 1. The van der Waals surface area contributed by atoms with Gasteiger partial charge < -0.3 is 0 Å². The van der Waals surface area contributed by atoms with Crippen molar-refractivity contribution in [2.24, 2.45) is 0 Å². The normalized spacial score (nSPS) is 12.8. The van der Waals surface area contributed by atoms with Gasteiger partial charge in [0.05, 0.1) is 27.5 Å². The van der Waals surface area contributed by atoms with Gasteiger partial charge in [-0.05, 0) is 68.8 Å². The fourth-order valence-corrected chi connectivity index (χ4v) is 5.98. The molecule has 3 aromatic carbocycles. The molecule has 0 saturated carbocycles. The highest BCUT2D eigenvalue weighted by Crippen LogP contribution is 2.29. The molecule has 182 valence electrons. The van der Waals surface area contributed by atoms with Crippen molar-refractivity contribution >= 4 is 36.9 Å². The minimum Gasteiger partial charge on any atom is -0.268 e. The van der Waals surface area contributed by atoms with E-state index in [0.29, 0.717) is 35.4 Å². The van der Waals surface area contributed by atoms with E-state index in [9.17, 15) is 13.2 Å². The summed E-state index contributed by atoms with van der Waals surface area (Å²) in [5.74, 6) is 0.378. The molecule has 6 nitrogen and oxygen atoms in total. The number of para-hydroxylation sites is 1. The Kier molecular flexibility index (Phi) is 7.54. The summed E-state index contributed by atoms with van der Waals surface area (Å²) in [5.41, 5.74) is 1.91. The molecule has 0 N–H and O–H groups in total. The van der Waals surface area contributed by atoms with E-state index >= 15 is 0 Å². The average molecular weight is 555 g/mol. The fourth-order valence-electron chi connectivity index (χ4n) is 4.08. The quantitative estimate of drug-likeness (QED) is 0.268. The molecular formula is C27H28BrN3O3S. The zero-order chi connectivity index (χ0) is 25.2. The summed E-state index contributed by atoms with van der Waals surface area (Å²) in [4.78, 5) is 18.7. The summed E-state index contributed by atoms with van der Waals surface area (Å²) in [6.45, 7) is 6.06. The zero-order valence-electron chi connectivity index (χ0n) is 20.0. The van der Waals surface area contributed by atoms with Crippen molar-refractivity contribution in [1.82, 2.24) is 13.9 Å². The second-order valence-electron chi connectivity index (χ2n) is 8.56. The van der Waals surface area contributed by atoms with Gasteiger partial charge in [-0.25, -0.2) is 13.4 Å². The summed E-state index contributed by atoms with van der Waals surface area (Å²) in [7, 11) is -3.84. The lowest BCUT2D eigenvalue weighted by Gasteiger charge is -2.29. The average Bonchev–Trinajstić information content (AvgIpc) is 2.85. The van der Waals surface area contributed by atoms with Crippen molar-refractivity contribution < 1.29 is 8.42 Å². The van der Waals surface area contributed by atoms with Gasteiger partial charge in [-0.3, -0.25) is 9.36 Å². The predicted molar refractivity (Wildman–Crippen MR) is 143 cm³/mol. The summed E-state index contributed by atoms with van der Waals surface area (Å²) in [5, 5.41) is 0.480. The molecule has 35 heavy (non-hydrogen) atoms. The zero-order valence-corrected chi connectivity index (χ0v) is 22.4. The van der Waals surface area contributed by atoms with Crippen LogP contribution in [-0.4, -0.2) is 28.8 Å². The molecule has 0 aliphatic heterocycles. The number of rotatable bonds is 8. The Morgan fingerprint density at radius 2 is 1.66 bits per heavy atom. The lowest BCUT2D eigenvalue weighted by molar-refractivity contribution is 0.322. The van der Waals surface area contributed by atoms with E-state index in [-0.39, 0.29) is 10.5 Å². The van der Waals surface area contributed by atoms with Crippen molar-refractivity contribution in [3.8, 4) is 5.69 Å². The highest BCUT2D eigenvalue weighted by molar-refractivity contribution is 9.10. The number of hydrogen-bond acceptors (Lipinski definition) is 4. The van der Waals surface area contributed by atoms with Crippen molar-refractivity contribution in [3.63, 3.8) is 0 Å². The molecule has 0 aliphatic carbocycles. The third-order valence-corrected chi connectivity index (χ3v) is 8.56. The van der Waals surface area contributed by atoms with Crippen molar-refractivity contribution in [3.05, 3.63) is 99.0 Å². The second-order valence-corrected chi connectivity index (χ2v) is 11.4. The van der Waals surface area contributed by atoms with E-state index in [2.05, 4.69) is 15.9 Å². The van der Waals surface area contributed by atoms with Crippen LogP contribution in [-0.2, 0) is 10.0 Å². The lowest BCUT2D eigenvalue weighted by Crippen LogP contribution is -2.38. The summed E-state index contributed by atoms with van der Waals surface area (Å²) in [6.07, 6.45) is 1.52. The molecule has 0 spiro atoms. The first-order valence-corrected chi connectivity index (χ1v) is 13.8. The molecule has 1 aromatic heterocycles. The van der Waals surface area contributed by atoms with Crippen LogP contribution in [0.4, 0.5) is 0 Å². The third-order valence-electron chi connectivity index (χ3n) is 6.05. The van der Waals surface area contributed by atoms with Gasteiger partial charge in [-0.2, -0.15) is 4.31 Å². The number of aromatic nitrogens is 2. The molecule has 4 aromatic rings. The topological polar surface area (TPSA) is 72.3 Å². The van der Waals surface area contributed by atoms with Gasteiger partial charge >= 0.3 is 0 Å². The van der Waals surface area contributed by atoms with Crippen LogP contribution in [0.25, 0.3) is 16.6 Å². The van der Waals surface area contributed by atoms with Crippen LogP contribution in [0, 0.1) is 6.92 Å². The minimum atomic E-state index is -3.84. The van der Waals surface area contributed by atoms with Gasteiger partial charge in [0.2, 0.25) is 10.0 Å². The maximum Gasteiger partial charge on any atom is 0.266 e. The van der Waals surface area contributed by atoms with Crippen molar-refractivity contribution in [2.75, 3.05) is 6.54 Å². The smallest absolute Gasteiger partial charge is 0.266 e. The van der Waals surface area contributed by atoms with E-state index in [1.807, 2.05) is 44.2 Å². The van der Waals surface area contributed by atoms with Crippen LogP contribution in [0.1, 0.15) is 44.1 Å². The largest absolute Gasteiger partial charge is 0.268 e. The fraction of sp³-hybridized carbons (Fsp3) is 0.259. The van der Waals surface area contributed by atoms with Crippen molar-refractivity contribution in [2.45, 2.75) is 44.6 Å². The summed E-state index contributed by atoms with van der Waals surface area (Å²) >= 11 is 3.44. The third kappa shape index (κ3) is 5.10. The van der Waals surface area contributed by atoms with Crippen LogP contribution >= 0.6 is 15.9 Å². The van der Waals surface area contributed by atoms with Crippen LogP contribution in [0.5, 0.6) is 0 Å². The van der Waals surface area contributed by atoms with Gasteiger partial charge in [0.25, 0.3) is 5.56 Å². The first-order valence-electron chi connectivity index (χ1n) is 11.6. The number of benzene rings is 3. The maximum atomic E-state index is 13.8. The number of nitrogens with zero attached hydrogens (tertiary/aromatic N) is 3. The summed E-state index contributed by atoms with van der Waals surface area (Å²) < 4.78 is 31.5. The standard InChI is InChI=1S/C27H28BrN3O3S/c1-4-5-18-30(35(33,34)23-16-10-19(2)11-17-23)20(3)26-29-25-9-7-6-8-24(25)27(32)31(26)22-14-12-21(28)13-15-22/h6-17,20H,4-5,18H2,1-3H3. The van der Waals surface area contributed by atoms with E-state index in [1.54, 1.807) is 49.4 Å². The molecule has 8 heteroatoms. The molecule has 0 radical (unpaired) electrons. The molecule has 0 fully saturated rings. The monoisotopic (exact) mass is 553 g/mol. The Morgan fingerprint density at radius 3 is 2.31 bits per heavy atom. The Morgan fingerprint density at radius 1 is 1.00 bits per heavy atom. The van der Waals surface area contributed by atoms with Gasteiger partial charge in [0.15, 0.2) is 0 Å². The first-order chi connectivity index (χ1) is 16.7. The molecule has 0 amide bonds. The molecule has 0 bridgehead atoms. The Hall–Kier alpha value is -2.81. The number of hydrogen-bond donors (Lipinski definition) is 0. The Bertz CT molecular complexity index is 1500. The molecule has 1 unspecified atom stereocenters. The van der Waals surface area contributed by atoms with E-state index in [1.165, 1.54) is 8.87 Å². The molecule has 4 rings (SSSR count). The van der Waals surface area contributed by atoms with Gasteiger partial charge in [-0.15, -0.1) is 0 Å². The first kappa shape index (κ1) is 25.3. The van der Waals surface area contributed by atoms with Crippen LogP contribution in [0.2, 0.25) is 0 Å². The lowest BCUT2D eigenvalue weighted by atomic mass is 10.2. The molecule has 0 aliphatic rings. The Balaban J connectivity index is 1.94. The number of unbranched alkanes of at least 4 members (excludes halogenated alkanes) is 1. The molecule has 1 atom stereocenters.